The van der Waals surface area contributed by atoms with E-state index in [-0.39, 0.29) is 5.75 Å². The Morgan fingerprint density at radius 1 is 1.31 bits per heavy atom. The number of nitrogens with zero attached hydrogens (tertiary/aromatic N) is 2. The first-order chi connectivity index (χ1) is 7.84. The summed E-state index contributed by atoms with van der Waals surface area (Å²) in [4.78, 5) is 4.74. The molecule has 3 heterocycles. The van der Waals surface area contributed by atoms with Crippen molar-refractivity contribution in [2.75, 3.05) is 0 Å². The molecule has 0 radical (unpaired) electrons. The molecule has 0 aliphatic carbocycles. The highest BCUT2D eigenvalue weighted by Gasteiger charge is 2.15. The maximum absolute atomic E-state index is 9.51. The van der Waals surface area contributed by atoms with Gasteiger partial charge in [0, 0.05) is 0 Å². The van der Waals surface area contributed by atoms with Crippen LogP contribution in [-0.4, -0.2) is 15.2 Å². The SMILES string of the molecule is Oc1ccsc1-c1nc(-c2ccoc2)no1. The van der Waals surface area contributed by atoms with E-state index in [9.17, 15) is 5.11 Å². The zero-order chi connectivity index (χ0) is 11.0. The van der Waals surface area contributed by atoms with Crippen LogP contribution in [0.2, 0.25) is 0 Å². The van der Waals surface area contributed by atoms with E-state index in [4.69, 9.17) is 8.94 Å². The molecule has 0 saturated carbocycles. The van der Waals surface area contributed by atoms with Gasteiger partial charge in [-0.15, -0.1) is 11.3 Å². The molecule has 0 aromatic carbocycles. The van der Waals surface area contributed by atoms with Gasteiger partial charge in [0.2, 0.25) is 5.82 Å². The van der Waals surface area contributed by atoms with Crippen LogP contribution in [-0.2, 0) is 0 Å². The van der Waals surface area contributed by atoms with Crippen LogP contribution < -0.4 is 0 Å². The summed E-state index contributed by atoms with van der Waals surface area (Å²) in [6.07, 6.45) is 3.07. The fraction of sp³-hybridized carbons (Fsp3) is 0. The van der Waals surface area contributed by atoms with Crippen molar-refractivity contribution in [2.45, 2.75) is 0 Å². The molecule has 5 nitrogen and oxygen atoms in total. The Morgan fingerprint density at radius 2 is 2.25 bits per heavy atom. The monoisotopic (exact) mass is 234 g/mol. The van der Waals surface area contributed by atoms with Gasteiger partial charge in [0.1, 0.15) is 16.9 Å². The summed E-state index contributed by atoms with van der Waals surface area (Å²) in [7, 11) is 0. The third-order valence-corrected chi connectivity index (χ3v) is 2.94. The van der Waals surface area contributed by atoms with E-state index >= 15 is 0 Å². The topological polar surface area (TPSA) is 72.3 Å². The molecule has 0 aliphatic rings. The molecule has 3 rings (SSSR count). The predicted molar refractivity (Wildman–Crippen MR) is 57.0 cm³/mol. The Hall–Kier alpha value is -2.08. The summed E-state index contributed by atoms with van der Waals surface area (Å²) in [5.74, 6) is 0.896. The molecule has 0 amide bonds. The van der Waals surface area contributed by atoms with Gasteiger partial charge in [-0.2, -0.15) is 4.98 Å². The number of hydrogen-bond acceptors (Lipinski definition) is 6. The molecule has 80 valence electrons. The molecule has 0 fully saturated rings. The summed E-state index contributed by atoms with van der Waals surface area (Å²) in [5.41, 5.74) is 0.742. The van der Waals surface area contributed by atoms with Gasteiger partial charge in [-0.05, 0) is 17.5 Å². The van der Waals surface area contributed by atoms with Crippen molar-refractivity contribution in [1.82, 2.24) is 10.1 Å². The first-order valence-corrected chi connectivity index (χ1v) is 5.35. The van der Waals surface area contributed by atoms with Crippen molar-refractivity contribution in [3.63, 3.8) is 0 Å². The van der Waals surface area contributed by atoms with Crippen LogP contribution >= 0.6 is 11.3 Å². The van der Waals surface area contributed by atoms with Crippen molar-refractivity contribution in [3.8, 4) is 27.9 Å². The highest BCUT2D eigenvalue weighted by Crippen LogP contribution is 2.34. The number of rotatable bonds is 2. The molecule has 1 N–H and O–H groups in total. The minimum atomic E-state index is 0.146. The molecule has 6 heteroatoms. The van der Waals surface area contributed by atoms with E-state index in [0.717, 1.165) is 5.56 Å². The van der Waals surface area contributed by atoms with Gasteiger partial charge in [-0.3, -0.25) is 0 Å². The molecule has 0 aliphatic heterocycles. The van der Waals surface area contributed by atoms with Crippen molar-refractivity contribution in [3.05, 3.63) is 30.0 Å². The molecular weight excluding hydrogens is 228 g/mol. The van der Waals surface area contributed by atoms with E-state index < -0.39 is 0 Å². The third kappa shape index (κ3) is 1.40. The second kappa shape index (κ2) is 3.49. The molecule has 0 saturated heterocycles. The lowest BCUT2D eigenvalue weighted by molar-refractivity contribution is 0.427. The summed E-state index contributed by atoms with van der Waals surface area (Å²) >= 11 is 1.34. The maximum atomic E-state index is 9.51. The first-order valence-electron chi connectivity index (χ1n) is 4.48. The van der Waals surface area contributed by atoms with E-state index in [1.165, 1.54) is 23.9 Å². The standard InChI is InChI=1S/C10H6N2O3S/c13-7-2-4-16-8(7)10-11-9(12-15-10)6-1-3-14-5-6/h1-5,13H. The predicted octanol–water partition coefficient (Wildman–Crippen LogP) is 2.76. The lowest BCUT2D eigenvalue weighted by atomic mass is 10.3. The number of furan rings is 1. The lowest BCUT2D eigenvalue weighted by Crippen LogP contribution is -1.76. The molecule has 16 heavy (non-hydrogen) atoms. The van der Waals surface area contributed by atoms with E-state index in [1.807, 2.05) is 0 Å². The zero-order valence-corrected chi connectivity index (χ0v) is 8.77. The average molecular weight is 234 g/mol. The Bertz CT molecular complexity index is 597. The van der Waals surface area contributed by atoms with Crippen LogP contribution in [0.3, 0.4) is 0 Å². The lowest BCUT2D eigenvalue weighted by Gasteiger charge is -1.87. The van der Waals surface area contributed by atoms with Crippen LogP contribution in [0.15, 0.2) is 39.0 Å². The van der Waals surface area contributed by atoms with E-state index in [0.29, 0.717) is 16.6 Å². The molecule has 3 aromatic rings. The van der Waals surface area contributed by atoms with E-state index in [2.05, 4.69) is 10.1 Å². The first kappa shape index (κ1) is 9.17. The largest absolute Gasteiger partial charge is 0.506 e. The van der Waals surface area contributed by atoms with E-state index in [1.54, 1.807) is 17.5 Å². The Balaban J connectivity index is 2.03. The Labute approximate surface area is 94.0 Å². The normalized spacial score (nSPS) is 10.8. The highest BCUT2D eigenvalue weighted by molar-refractivity contribution is 7.13. The second-order valence-corrected chi connectivity index (χ2v) is 3.99. The summed E-state index contributed by atoms with van der Waals surface area (Å²) in [6.45, 7) is 0. The number of thiophene rings is 1. The quantitative estimate of drug-likeness (QED) is 0.738. The van der Waals surface area contributed by atoms with Gasteiger partial charge in [0.05, 0.1) is 11.8 Å². The summed E-state index contributed by atoms with van der Waals surface area (Å²) in [5, 5.41) is 15.1. The van der Waals surface area contributed by atoms with Crippen LogP contribution in [0, 0.1) is 0 Å². The Morgan fingerprint density at radius 3 is 2.94 bits per heavy atom. The van der Waals surface area contributed by atoms with Gasteiger partial charge in [0.15, 0.2) is 0 Å². The van der Waals surface area contributed by atoms with Crippen molar-refractivity contribution < 1.29 is 14.0 Å². The average Bonchev–Trinajstić information content (AvgIpc) is 2.96. The van der Waals surface area contributed by atoms with Gasteiger partial charge in [0.25, 0.3) is 5.89 Å². The van der Waals surface area contributed by atoms with Crippen LogP contribution in [0.1, 0.15) is 0 Å². The highest BCUT2D eigenvalue weighted by atomic mass is 32.1. The fourth-order valence-corrected chi connectivity index (χ4v) is 1.99. The zero-order valence-electron chi connectivity index (χ0n) is 7.95. The molecule has 0 atom stereocenters. The van der Waals surface area contributed by atoms with Crippen LogP contribution in [0.25, 0.3) is 22.2 Å². The van der Waals surface area contributed by atoms with Gasteiger partial charge in [-0.1, -0.05) is 5.16 Å². The van der Waals surface area contributed by atoms with Gasteiger partial charge >= 0.3 is 0 Å². The van der Waals surface area contributed by atoms with Crippen molar-refractivity contribution in [1.29, 1.82) is 0 Å². The summed E-state index contributed by atoms with van der Waals surface area (Å²) in [6, 6.07) is 3.32. The number of aromatic hydroxyl groups is 1. The summed E-state index contributed by atoms with van der Waals surface area (Å²) < 4.78 is 9.99. The van der Waals surface area contributed by atoms with Crippen LogP contribution in [0.5, 0.6) is 5.75 Å². The van der Waals surface area contributed by atoms with Gasteiger partial charge in [-0.25, -0.2) is 0 Å². The Kier molecular flexibility index (Phi) is 2.00. The minimum Gasteiger partial charge on any atom is -0.506 e. The smallest absolute Gasteiger partial charge is 0.272 e. The fourth-order valence-electron chi connectivity index (χ4n) is 1.29. The van der Waals surface area contributed by atoms with Crippen molar-refractivity contribution in [2.24, 2.45) is 0 Å². The van der Waals surface area contributed by atoms with Gasteiger partial charge < -0.3 is 14.0 Å². The second-order valence-electron chi connectivity index (χ2n) is 3.07. The molecule has 0 bridgehead atoms. The number of hydrogen-bond donors (Lipinski definition) is 1. The number of aromatic nitrogens is 2. The van der Waals surface area contributed by atoms with Crippen LogP contribution in [0.4, 0.5) is 0 Å². The maximum Gasteiger partial charge on any atom is 0.272 e. The third-order valence-electron chi connectivity index (χ3n) is 2.04. The van der Waals surface area contributed by atoms with Crippen molar-refractivity contribution >= 4 is 11.3 Å². The molecular formula is C10H6N2O3S. The minimum absolute atomic E-state index is 0.146. The molecule has 0 spiro atoms. The molecule has 0 unspecified atom stereocenters. The molecule has 3 aromatic heterocycles.